The summed E-state index contributed by atoms with van der Waals surface area (Å²) in [4.78, 5) is 19.9. The van der Waals surface area contributed by atoms with E-state index in [-0.39, 0.29) is 5.91 Å². The van der Waals surface area contributed by atoms with Crippen LogP contribution < -0.4 is 10.6 Å². The number of anilines is 1. The zero-order chi connectivity index (χ0) is 13.0. The Morgan fingerprint density at radius 3 is 2.94 bits per heavy atom. The van der Waals surface area contributed by atoms with Gasteiger partial charge in [0.25, 0.3) is 0 Å². The van der Waals surface area contributed by atoms with Crippen molar-refractivity contribution < 1.29 is 4.79 Å². The lowest BCUT2D eigenvalue weighted by Crippen LogP contribution is -2.24. The summed E-state index contributed by atoms with van der Waals surface area (Å²) in [6.45, 7) is 3.10. The zero-order valence-corrected chi connectivity index (χ0v) is 11.1. The lowest BCUT2D eigenvalue weighted by molar-refractivity contribution is -0.120. The van der Waals surface area contributed by atoms with E-state index >= 15 is 0 Å². The molecule has 98 valence electrons. The van der Waals surface area contributed by atoms with Crippen molar-refractivity contribution in [1.29, 1.82) is 0 Å². The molecule has 1 amide bonds. The summed E-state index contributed by atoms with van der Waals surface area (Å²) < 4.78 is 0. The summed E-state index contributed by atoms with van der Waals surface area (Å²) in [6, 6.07) is 1.69. The fourth-order valence-electron chi connectivity index (χ4n) is 1.64. The second-order valence-electron chi connectivity index (χ2n) is 4.34. The fourth-order valence-corrected chi connectivity index (χ4v) is 1.83. The van der Waals surface area contributed by atoms with Crippen LogP contribution in [-0.2, 0) is 4.79 Å². The molecular weight excluding hydrogens is 252 g/mol. The van der Waals surface area contributed by atoms with Crippen LogP contribution in [0.5, 0.6) is 0 Å². The topological polar surface area (TPSA) is 66.9 Å². The van der Waals surface area contributed by atoms with Crippen molar-refractivity contribution in [3.63, 3.8) is 0 Å². The first-order valence-corrected chi connectivity index (χ1v) is 6.62. The Balaban J connectivity index is 1.86. The highest BCUT2D eigenvalue weighted by Gasteiger charge is 2.27. The molecule has 1 aliphatic carbocycles. The lowest BCUT2D eigenvalue weighted by Gasteiger charge is -2.07. The van der Waals surface area contributed by atoms with Crippen LogP contribution in [0.3, 0.4) is 0 Å². The number of nitrogens with zero attached hydrogens (tertiary/aromatic N) is 2. The molecule has 0 unspecified atom stereocenters. The van der Waals surface area contributed by atoms with Gasteiger partial charge in [0, 0.05) is 31.5 Å². The minimum atomic E-state index is 0.0348. The van der Waals surface area contributed by atoms with Crippen LogP contribution >= 0.6 is 11.6 Å². The molecule has 1 saturated carbocycles. The normalized spacial score (nSPS) is 14.3. The zero-order valence-electron chi connectivity index (χ0n) is 10.4. The maximum atomic E-state index is 11.3. The molecule has 1 aliphatic rings. The number of carbonyl (C=O) groups excluding carboxylic acids is 1. The van der Waals surface area contributed by atoms with E-state index in [1.165, 1.54) is 0 Å². The van der Waals surface area contributed by atoms with Crippen LogP contribution in [0.15, 0.2) is 6.07 Å². The minimum Gasteiger partial charge on any atom is -0.369 e. The van der Waals surface area contributed by atoms with Crippen molar-refractivity contribution in [3.8, 4) is 0 Å². The van der Waals surface area contributed by atoms with Gasteiger partial charge in [0.05, 0.1) is 0 Å². The van der Waals surface area contributed by atoms with Crippen LogP contribution in [-0.4, -0.2) is 29.0 Å². The van der Waals surface area contributed by atoms with E-state index < -0.39 is 0 Å². The predicted octanol–water partition coefficient (Wildman–Crippen LogP) is 1.95. The number of halogens is 1. The smallest absolute Gasteiger partial charge is 0.221 e. The molecule has 6 heteroatoms. The Morgan fingerprint density at radius 2 is 2.28 bits per heavy atom. The first kappa shape index (κ1) is 13.1. The van der Waals surface area contributed by atoms with E-state index in [1.807, 2.05) is 6.92 Å². The van der Waals surface area contributed by atoms with Gasteiger partial charge in [0.1, 0.15) is 16.8 Å². The summed E-state index contributed by atoms with van der Waals surface area (Å²) in [5.41, 5.74) is 0. The number of carbonyl (C=O) groups is 1. The molecule has 0 radical (unpaired) electrons. The molecule has 1 aromatic rings. The number of rotatable bonds is 6. The van der Waals surface area contributed by atoms with Gasteiger partial charge in [-0.1, -0.05) is 11.6 Å². The van der Waals surface area contributed by atoms with Gasteiger partial charge in [-0.25, -0.2) is 9.97 Å². The summed E-state index contributed by atoms with van der Waals surface area (Å²) in [6.07, 6.45) is 2.70. The first-order chi connectivity index (χ1) is 8.69. The third-order valence-corrected chi connectivity index (χ3v) is 2.88. The third-order valence-electron chi connectivity index (χ3n) is 2.69. The van der Waals surface area contributed by atoms with Gasteiger partial charge in [-0.2, -0.15) is 0 Å². The number of aromatic nitrogens is 2. The molecule has 0 spiro atoms. The molecule has 0 aliphatic heterocycles. The molecular formula is C12H17ClN4O. The van der Waals surface area contributed by atoms with Gasteiger partial charge in [0.15, 0.2) is 0 Å². The highest BCUT2D eigenvalue weighted by Crippen LogP contribution is 2.38. The number of hydrogen-bond acceptors (Lipinski definition) is 4. The monoisotopic (exact) mass is 268 g/mol. The Bertz CT molecular complexity index is 434. The Hall–Kier alpha value is -1.36. The second-order valence-corrected chi connectivity index (χ2v) is 4.73. The number of amides is 1. The van der Waals surface area contributed by atoms with Gasteiger partial charge >= 0.3 is 0 Å². The van der Waals surface area contributed by atoms with E-state index in [4.69, 9.17) is 11.6 Å². The Morgan fingerprint density at radius 1 is 1.50 bits per heavy atom. The summed E-state index contributed by atoms with van der Waals surface area (Å²) >= 11 is 5.94. The van der Waals surface area contributed by atoms with Crippen LogP contribution in [0.25, 0.3) is 0 Å². The van der Waals surface area contributed by atoms with Gasteiger partial charge in [0.2, 0.25) is 5.91 Å². The fraction of sp³-hybridized carbons (Fsp3) is 0.583. The molecule has 5 nitrogen and oxygen atoms in total. The molecule has 0 atom stereocenters. The summed E-state index contributed by atoms with van der Waals surface area (Å²) in [5.74, 6) is 2.00. The first-order valence-electron chi connectivity index (χ1n) is 6.24. The van der Waals surface area contributed by atoms with Crippen LogP contribution in [0, 0.1) is 0 Å². The van der Waals surface area contributed by atoms with E-state index in [0.29, 0.717) is 36.4 Å². The Kier molecular flexibility index (Phi) is 4.36. The van der Waals surface area contributed by atoms with Crippen molar-refractivity contribution in [3.05, 3.63) is 17.0 Å². The van der Waals surface area contributed by atoms with E-state index in [2.05, 4.69) is 20.6 Å². The maximum absolute atomic E-state index is 11.3. The number of hydrogen-bond donors (Lipinski definition) is 2. The summed E-state index contributed by atoms with van der Waals surface area (Å²) in [5, 5.41) is 6.30. The predicted molar refractivity (Wildman–Crippen MR) is 70.8 cm³/mol. The molecule has 0 aromatic carbocycles. The summed E-state index contributed by atoms with van der Waals surface area (Å²) in [7, 11) is 0. The minimum absolute atomic E-state index is 0.0348. The average Bonchev–Trinajstić information content (AvgIpc) is 3.12. The van der Waals surface area contributed by atoms with Crippen molar-refractivity contribution in [1.82, 2.24) is 15.3 Å². The van der Waals surface area contributed by atoms with Gasteiger partial charge in [-0.05, 0) is 19.8 Å². The lowest BCUT2D eigenvalue weighted by atomic mass is 10.3. The quantitative estimate of drug-likeness (QED) is 0.774. The maximum Gasteiger partial charge on any atom is 0.221 e. The molecule has 1 aromatic heterocycles. The van der Waals surface area contributed by atoms with Gasteiger partial charge < -0.3 is 10.6 Å². The Labute approximate surface area is 111 Å². The van der Waals surface area contributed by atoms with Crippen LogP contribution in [0.1, 0.15) is 37.9 Å². The van der Waals surface area contributed by atoms with Crippen molar-refractivity contribution >= 4 is 23.3 Å². The molecule has 1 fully saturated rings. The van der Waals surface area contributed by atoms with E-state index in [1.54, 1.807) is 6.07 Å². The molecule has 2 N–H and O–H groups in total. The van der Waals surface area contributed by atoms with E-state index in [0.717, 1.165) is 18.7 Å². The molecule has 0 bridgehead atoms. The van der Waals surface area contributed by atoms with Crippen LogP contribution in [0.4, 0.5) is 5.82 Å². The van der Waals surface area contributed by atoms with Crippen LogP contribution in [0.2, 0.25) is 5.15 Å². The SMILES string of the molecule is CCNC(=O)CCNc1cc(Cl)nc(C2CC2)n1. The largest absolute Gasteiger partial charge is 0.369 e. The molecule has 1 heterocycles. The average molecular weight is 269 g/mol. The third kappa shape index (κ3) is 3.84. The van der Waals surface area contributed by atoms with Crippen molar-refractivity contribution in [2.24, 2.45) is 0 Å². The highest BCUT2D eigenvalue weighted by atomic mass is 35.5. The second kappa shape index (κ2) is 6.00. The van der Waals surface area contributed by atoms with E-state index in [9.17, 15) is 4.79 Å². The van der Waals surface area contributed by atoms with Gasteiger partial charge in [-0.15, -0.1) is 0 Å². The van der Waals surface area contributed by atoms with Crippen molar-refractivity contribution in [2.75, 3.05) is 18.4 Å². The molecule has 0 saturated heterocycles. The molecule has 2 rings (SSSR count). The van der Waals surface area contributed by atoms with Crippen molar-refractivity contribution in [2.45, 2.75) is 32.1 Å². The number of nitrogens with one attached hydrogen (secondary N) is 2. The standard InChI is InChI=1S/C12H17ClN4O/c1-2-14-11(18)5-6-15-10-7-9(13)16-12(17-10)8-3-4-8/h7-8H,2-6H2,1H3,(H,14,18)(H,15,16,17). The molecule has 18 heavy (non-hydrogen) atoms. The van der Waals surface area contributed by atoms with Gasteiger partial charge in [-0.3, -0.25) is 4.79 Å². The highest BCUT2D eigenvalue weighted by molar-refractivity contribution is 6.29.